The van der Waals surface area contributed by atoms with E-state index < -0.39 is 17.7 Å². The van der Waals surface area contributed by atoms with E-state index in [9.17, 15) is 8.78 Å². The average Bonchev–Trinajstić information content (AvgIpc) is 2.67. The maximum atomic E-state index is 14.2. The number of ether oxygens (including phenoxy) is 2. The molecule has 0 bridgehead atoms. The average molecular weight is 356 g/mol. The quantitative estimate of drug-likeness (QED) is 0.708. The van der Waals surface area contributed by atoms with E-state index in [1.165, 1.54) is 12.1 Å². The Morgan fingerprint density at radius 3 is 2.88 bits per heavy atom. The van der Waals surface area contributed by atoms with Crippen LogP contribution < -0.4 is 9.64 Å². The van der Waals surface area contributed by atoms with Gasteiger partial charge in [0.15, 0.2) is 0 Å². The lowest BCUT2D eigenvalue weighted by Gasteiger charge is -2.35. The lowest BCUT2D eigenvalue weighted by molar-refractivity contribution is 0.0375. The van der Waals surface area contributed by atoms with Crippen molar-refractivity contribution in [3.05, 3.63) is 65.9 Å². The molecule has 6 heteroatoms. The van der Waals surface area contributed by atoms with Gasteiger partial charge in [0.25, 0.3) is 0 Å². The summed E-state index contributed by atoms with van der Waals surface area (Å²) in [5.41, 5.74) is 2.14. The third kappa shape index (κ3) is 2.97. The van der Waals surface area contributed by atoms with E-state index in [1.807, 2.05) is 24.3 Å². The fourth-order valence-corrected chi connectivity index (χ4v) is 3.39. The van der Waals surface area contributed by atoms with Gasteiger partial charge in [0.1, 0.15) is 29.0 Å². The number of para-hydroxylation sites is 1. The van der Waals surface area contributed by atoms with Gasteiger partial charge in [-0.3, -0.25) is 4.98 Å². The number of halogens is 2. The largest absolute Gasteiger partial charge is 0.494 e. The molecule has 1 aliphatic heterocycles. The maximum absolute atomic E-state index is 14.2. The highest BCUT2D eigenvalue weighted by molar-refractivity contribution is 5.95. The highest BCUT2D eigenvalue weighted by Crippen LogP contribution is 2.34. The minimum atomic E-state index is -0.592. The van der Waals surface area contributed by atoms with Crippen molar-refractivity contribution in [2.75, 3.05) is 31.7 Å². The van der Waals surface area contributed by atoms with Crippen LogP contribution >= 0.6 is 0 Å². The molecular weight excluding hydrogens is 338 g/mol. The summed E-state index contributed by atoms with van der Waals surface area (Å²) in [6.45, 7) is 1.60. The summed E-state index contributed by atoms with van der Waals surface area (Å²) >= 11 is 0. The fraction of sp³-hybridized carbons (Fsp3) is 0.250. The predicted octanol–water partition coefficient (Wildman–Crippen LogP) is 4.10. The Morgan fingerprint density at radius 1 is 1.19 bits per heavy atom. The third-order valence-corrected chi connectivity index (χ3v) is 4.65. The summed E-state index contributed by atoms with van der Waals surface area (Å²) in [5.74, 6) is -0.469. The molecule has 1 unspecified atom stereocenters. The van der Waals surface area contributed by atoms with Gasteiger partial charge in [-0.1, -0.05) is 18.2 Å². The van der Waals surface area contributed by atoms with Crippen molar-refractivity contribution in [2.45, 2.75) is 6.10 Å². The molecule has 1 atom stereocenters. The molecule has 2 aromatic carbocycles. The first-order valence-corrected chi connectivity index (χ1v) is 8.40. The molecule has 134 valence electrons. The third-order valence-electron chi connectivity index (χ3n) is 4.65. The van der Waals surface area contributed by atoms with Crippen molar-refractivity contribution in [2.24, 2.45) is 0 Å². The number of nitrogens with zero attached hydrogens (tertiary/aromatic N) is 2. The van der Waals surface area contributed by atoms with Crippen LogP contribution in [0.15, 0.2) is 48.7 Å². The second-order valence-corrected chi connectivity index (χ2v) is 6.16. The van der Waals surface area contributed by atoms with E-state index in [4.69, 9.17) is 9.47 Å². The molecule has 2 heterocycles. The Morgan fingerprint density at radius 2 is 2.08 bits per heavy atom. The Hall–Kier alpha value is -2.73. The van der Waals surface area contributed by atoms with E-state index in [2.05, 4.69) is 9.88 Å². The molecule has 0 spiro atoms. The lowest BCUT2D eigenvalue weighted by atomic mass is 10.1. The van der Waals surface area contributed by atoms with Crippen LogP contribution in [0.1, 0.15) is 11.7 Å². The van der Waals surface area contributed by atoms with Crippen molar-refractivity contribution in [3.63, 3.8) is 0 Å². The van der Waals surface area contributed by atoms with Crippen molar-refractivity contribution in [1.82, 2.24) is 4.98 Å². The summed E-state index contributed by atoms with van der Waals surface area (Å²) < 4.78 is 38.5. The van der Waals surface area contributed by atoms with Crippen molar-refractivity contribution >= 4 is 16.6 Å². The van der Waals surface area contributed by atoms with Crippen LogP contribution in [0.5, 0.6) is 5.75 Å². The van der Waals surface area contributed by atoms with Crippen molar-refractivity contribution in [3.8, 4) is 5.75 Å². The zero-order valence-electron chi connectivity index (χ0n) is 14.3. The minimum Gasteiger partial charge on any atom is -0.494 e. The smallest absolute Gasteiger partial charge is 0.145 e. The van der Waals surface area contributed by atoms with Gasteiger partial charge in [-0.2, -0.15) is 0 Å². The summed E-state index contributed by atoms with van der Waals surface area (Å²) in [7, 11) is 1.62. The number of rotatable bonds is 3. The number of aromatic nitrogens is 1. The molecule has 1 saturated heterocycles. The molecule has 0 N–H and O–H groups in total. The number of hydrogen-bond acceptors (Lipinski definition) is 4. The van der Waals surface area contributed by atoms with Crippen LogP contribution in [0.3, 0.4) is 0 Å². The topological polar surface area (TPSA) is 34.6 Å². The first kappa shape index (κ1) is 16.7. The number of methoxy groups -OCH3 is 1. The Labute approximate surface area is 150 Å². The summed E-state index contributed by atoms with van der Waals surface area (Å²) in [5, 5.41) is 0.965. The van der Waals surface area contributed by atoms with E-state index in [1.54, 1.807) is 13.3 Å². The summed E-state index contributed by atoms with van der Waals surface area (Å²) in [6.07, 6.45) is 1.28. The fourth-order valence-electron chi connectivity index (χ4n) is 3.39. The molecule has 0 saturated carbocycles. The number of hydrogen-bond donors (Lipinski definition) is 0. The SMILES string of the molecule is COc1cccc2c(N3CCOC(c4ccc(F)cc4F)C3)ccnc12. The zero-order valence-corrected chi connectivity index (χ0v) is 14.3. The first-order chi connectivity index (χ1) is 12.7. The van der Waals surface area contributed by atoms with Crippen LogP contribution in [0, 0.1) is 11.6 Å². The lowest BCUT2D eigenvalue weighted by Crippen LogP contribution is -2.38. The van der Waals surface area contributed by atoms with Gasteiger partial charge in [0, 0.05) is 42.0 Å². The molecule has 4 nitrogen and oxygen atoms in total. The first-order valence-electron chi connectivity index (χ1n) is 8.40. The second kappa shape index (κ2) is 6.88. The van der Waals surface area contributed by atoms with Crippen LogP contribution in [0.2, 0.25) is 0 Å². The van der Waals surface area contributed by atoms with Crippen LogP contribution in [-0.2, 0) is 4.74 Å². The molecule has 0 radical (unpaired) electrons. The normalized spacial score (nSPS) is 17.5. The van der Waals surface area contributed by atoms with Gasteiger partial charge in [0.05, 0.1) is 13.7 Å². The molecule has 3 aromatic rings. The van der Waals surface area contributed by atoms with Gasteiger partial charge < -0.3 is 14.4 Å². The number of morpholine rings is 1. The number of fused-ring (bicyclic) bond motifs is 1. The van der Waals surface area contributed by atoms with Crippen LogP contribution in [0.4, 0.5) is 14.5 Å². The Kier molecular flexibility index (Phi) is 4.42. The van der Waals surface area contributed by atoms with E-state index in [0.29, 0.717) is 31.0 Å². The standard InChI is InChI=1S/C20H18F2N2O2/c1-25-18-4-2-3-15-17(7-8-23-20(15)18)24-9-10-26-19(12-24)14-6-5-13(21)11-16(14)22/h2-8,11,19H,9-10,12H2,1H3. The van der Waals surface area contributed by atoms with Gasteiger partial charge in [-0.25, -0.2) is 8.78 Å². The molecule has 4 rings (SSSR count). The van der Waals surface area contributed by atoms with Crippen LogP contribution in [0.25, 0.3) is 10.9 Å². The number of benzene rings is 2. The molecular formula is C20H18F2N2O2. The Bertz CT molecular complexity index is 948. The van der Waals surface area contributed by atoms with Crippen molar-refractivity contribution < 1.29 is 18.3 Å². The zero-order chi connectivity index (χ0) is 18.1. The van der Waals surface area contributed by atoms with Gasteiger partial charge in [-0.05, 0) is 18.2 Å². The predicted molar refractivity (Wildman–Crippen MR) is 95.6 cm³/mol. The molecule has 0 amide bonds. The molecule has 26 heavy (non-hydrogen) atoms. The molecule has 1 aromatic heterocycles. The van der Waals surface area contributed by atoms with E-state index >= 15 is 0 Å². The van der Waals surface area contributed by atoms with E-state index in [-0.39, 0.29) is 0 Å². The second-order valence-electron chi connectivity index (χ2n) is 6.16. The molecule has 0 aliphatic carbocycles. The van der Waals surface area contributed by atoms with Crippen molar-refractivity contribution in [1.29, 1.82) is 0 Å². The summed E-state index contributed by atoms with van der Waals surface area (Å²) in [6, 6.07) is 11.3. The monoisotopic (exact) mass is 356 g/mol. The van der Waals surface area contributed by atoms with Gasteiger partial charge >= 0.3 is 0 Å². The molecule has 1 fully saturated rings. The number of anilines is 1. The minimum absolute atomic E-state index is 0.368. The molecule has 1 aliphatic rings. The van der Waals surface area contributed by atoms with Gasteiger partial charge in [0.2, 0.25) is 0 Å². The highest BCUT2D eigenvalue weighted by atomic mass is 19.1. The highest BCUT2D eigenvalue weighted by Gasteiger charge is 2.26. The summed E-state index contributed by atoms with van der Waals surface area (Å²) in [4.78, 5) is 6.56. The maximum Gasteiger partial charge on any atom is 0.145 e. The van der Waals surface area contributed by atoms with E-state index in [0.717, 1.165) is 22.7 Å². The Balaban J connectivity index is 1.69. The van der Waals surface area contributed by atoms with Crippen LogP contribution in [-0.4, -0.2) is 31.8 Å². The van der Waals surface area contributed by atoms with Gasteiger partial charge in [-0.15, -0.1) is 0 Å². The number of pyridine rings is 1.